The molecule has 4 aromatic rings. The van der Waals surface area contributed by atoms with E-state index >= 15 is 0 Å². The van der Waals surface area contributed by atoms with Gasteiger partial charge in [0.15, 0.2) is 0 Å². The summed E-state index contributed by atoms with van der Waals surface area (Å²) in [6, 6.07) is 10.7. The van der Waals surface area contributed by atoms with E-state index in [1.54, 1.807) is 13.1 Å². The van der Waals surface area contributed by atoms with E-state index in [1.165, 1.54) is 23.5 Å². The lowest BCUT2D eigenvalue weighted by atomic mass is 10.1. The number of ether oxygens (including phenoxy) is 2. The zero-order valence-electron chi connectivity index (χ0n) is 19.4. The molecular weight excluding hydrogens is 477 g/mol. The van der Waals surface area contributed by atoms with Gasteiger partial charge in [0.25, 0.3) is 0 Å². The molecule has 0 saturated carbocycles. The Balaban J connectivity index is 1.53. The minimum absolute atomic E-state index is 0.170. The number of rotatable bonds is 9. The number of esters is 1. The number of nitrogens with one attached hydrogen (secondary N) is 1. The fourth-order valence-corrected chi connectivity index (χ4v) is 4.79. The zero-order chi connectivity index (χ0) is 25.0. The lowest BCUT2D eigenvalue weighted by molar-refractivity contribution is -0.142. The number of thiazole rings is 1. The van der Waals surface area contributed by atoms with E-state index in [9.17, 15) is 18.0 Å². The molecular formula is C26H25F3N2O3S. The number of benzene rings is 2. The van der Waals surface area contributed by atoms with E-state index in [0.29, 0.717) is 22.9 Å². The third-order valence-corrected chi connectivity index (χ3v) is 6.59. The molecule has 0 spiro atoms. The van der Waals surface area contributed by atoms with Gasteiger partial charge in [-0.1, -0.05) is 25.5 Å². The SMILES string of the molecule is CCCc1nc(-c2ccc(C(F)(F)F)cc2)sc1COc1ccc2[nH]cc(CC(=O)OCC)c2c1. The van der Waals surface area contributed by atoms with Gasteiger partial charge in [0.05, 0.1) is 29.2 Å². The molecule has 0 saturated heterocycles. The van der Waals surface area contributed by atoms with Crippen LogP contribution in [0, 0.1) is 0 Å². The van der Waals surface area contributed by atoms with E-state index < -0.39 is 11.7 Å². The molecule has 4 rings (SSSR count). The lowest BCUT2D eigenvalue weighted by Gasteiger charge is -2.07. The van der Waals surface area contributed by atoms with Gasteiger partial charge in [-0.2, -0.15) is 13.2 Å². The van der Waals surface area contributed by atoms with Gasteiger partial charge in [-0.3, -0.25) is 4.79 Å². The molecule has 5 nitrogen and oxygen atoms in total. The average molecular weight is 503 g/mol. The maximum absolute atomic E-state index is 12.9. The van der Waals surface area contributed by atoms with Crippen LogP contribution < -0.4 is 4.74 Å². The number of aryl methyl sites for hydroxylation is 1. The van der Waals surface area contributed by atoms with Crippen LogP contribution in [0.2, 0.25) is 0 Å². The first-order valence-corrected chi connectivity index (χ1v) is 12.1. The molecule has 0 aliphatic carbocycles. The molecule has 2 aromatic heterocycles. The monoisotopic (exact) mass is 502 g/mol. The number of alkyl halides is 3. The Labute approximate surface area is 204 Å². The molecule has 35 heavy (non-hydrogen) atoms. The van der Waals surface area contributed by atoms with Crippen molar-refractivity contribution in [3.8, 4) is 16.3 Å². The minimum Gasteiger partial charge on any atom is -0.488 e. The number of halogens is 3. The van der Waals surface area contributed by atoms with Crippen molar-refractivity contribution < 1.29 is 27.4 Å². The molecule has 0 unspecified atom stereocenters. The van der Waals surface area contributed by atoms with Gasteiger partial charge in [-0.05, 0) is 49.2 Å². The molecule has 9 heteroatoms. The van der Waals surface area contributed by atoms with Gasteiger partial charge < -0.3 is 14.5 Å². The second-order valence-corrected chi connectivity index (χ2v) is 9.09. The number of nitrogens with zero attached hydrogens (tertiary/aromatic N) is 1. The summed E-state index contributed by atoms with van der Waals surface area (Å²) < 4.78 is 49.8. The second kappa shape index (κ2) is 10.5. The van der Waals surface area contributed by atoms with Crippen molar-refractivity contribution >= 4 is 28.2 Å². The Bertz CT molecular complexity index is 1310. The number of H-pyrrole nitrogens is 1. The first-order valence-electron chi connectivity index (χ1n) is 11.3. The summed E-state index contributed by atoms with van der Waals surface area (Å²) in [4.78, 5) is 20.7. The quantitative estimate of drug-likeness (QED) is 0.252. The topological polar surface area (TPSA) is 64.2 Å². The fraction of sp³-hybridized carbons (Fsp3) is 0.308. The second-order valence-electron chi connectivity index (χ2n) is 8.01. The van der Waals surface area contributed by atoms with Crippen LogP contribution in [-0.4, -0.2) is 22.5 Å². The van der Waals surface area contributed by atoms with Gasteiger partial charge in [0, 0.05) is 22.7 Å². The van der Waals surface area contributed by atoms with Crippen molar-refractivity contribution in [1.29, 1.82) is 0 Å². The lowest BCUT2D eigenvalue weighted by Crippen LogP contribution is -2.07. The average Bonchev–Trinajstić information content (AvgIpc) is 3.41. The fourth-order valence-electron chi connectivity index (χ4n) is 3.76. The number of fused-ring (bicyclic) bond motifs is 1. The Morgan fingerprint density at radius 2 is 1.89 bits per heavy atom. The maximum Gasteiger partial charge on any atom is 0.416 e. The first-order chi connectivity index (χ1) is 16.8. The van der Waals surface area contributed by atoms with Crippen molar-refractivity contribution in [1.82, 2.24) is 9.97 Å². The summed E-state index contributed by atoms with van der Waals surface area (Å²) >= 11 is 1.42. The smallest absolute Gasteiger partial charge is 0.416 e. The van der Waals surface area contributed by atoms with Crippen LogP contribution in [0.3, 0.4) is 0 Å². The number of carbonyl (C=O) groups excluding carboxylic acids is 1. The van der Waals surface area contributed by atoms with Crippen molar-refractivity contribution in [2.45, 2.75) is 45.9 Å². The molecule has 0 aliphatic rings. The number of hydrogen-bond donors (Lipinski definition) is 1. The number of carbonyl (C=O) groups is 1. The van der Waals surface area contributed by atoms with Crippen LogP contribution in [0.4, 0.5) is 13.2 Å². The molecule has 0 fully saturated rings. The Kier molecular flexibility index (Phi) is 7.45. The Morgan fingerprint density at radius 3 is 2.57 bits per heavy atom. The minimum atomic E-state index is -4.37. The van der Waals surface area contributed by atoms with E-state index in [0.717, 1.165) is 52.0 Å². The highest BCUT2D eigenvalue weighted by atomic mass is 32.1. The number of aromatic amines is 1. The van der Waals surface area contributed by atoms with Crippen molar-refractivity contribution in [2.75, 3.05) is 6.61 Å². The van der Waals surface area contributed by atoms with E-state index in [-0.39, 0.29) is 19.0 Å². The largest absolute Gasteiger partial charge is 0.488 e. The molecule has 0 bridgehead atoms. The third-order valence-electron chi connectivity index (χ3n) is 5.47. The molecule has 0 amide bonds. The maximum atomic E-state index is 12.9. The first kappa shape index (κ1) is 24.8. The Morgan fingerprint density at radius 1 is 1.11 bits per heavy atom. The van der Waals surface area contributed by atoms with Crippen molar-refractivity contribution in [3.05, 3.63) is 70.4 Å². The van der Waals surface area contributed by atoms with Crippen LogP contribution in [0.5, 0.6) is 5.75 Å². The summed E-state index contributed by atoms with van der Waals surface area (Å²) in [5.41, 5.74) is 2.57. The third kappa shape index (κ3) is 5.85. The highest BCUT2D eigenvalue weighted by Crippen LogP contribution is 2.34. The van der Waals surface area contributed by atoms with Crippen LogP contribution in [0.25, 0.3) is 21.5 Å². The zero-order valence-corrected chi connectivity index (χ0v) is 20.2. The van der Waals surface area contributed by atoms with Gasteiger partial charge in [-0.25, -0.2) is 4.98 Å². The van der Waals surface area contributed by atoms with Crippen molar-refractivity contribution in [3.63, 3.8) is 0 Å². The molecule has 1 N–H and O–H groups in total. The van der Waals surface area contributed by atoms with Gasteiger partial charge >= 0.3 is 12.1 Å². The van der Waals surface area contributed by atoms with E-state index in [1.807, 2.05) is 25.1 Å². The summed E-state index contributed by atoms with van der Waals surface area (Å²) in [6.45, 7) is 4.44. The van der Waals surface area contributed by atoms with Crippen LogP contribution in [0.15, 0.2) is 48.7 Å². The molecule has 2 heterocycles. The van der Waals surface area contributed by atoms with E-state index in [2.05, 4.69) is 9.97 Å². The predicted octanol–water partition coefficient (Wildman–Crippen LogP) is 6.95. The normalized spacial score (nSPS) is 11.7. The van der Waals surface area contributed by atoms with E-state index in [4.69, 9.17) is 9.47 Å². The van der Waals surface area contributed by atoms with Gasteiger partial charge in [0.1, 0.15) is 17.4 Å². The number of aromatic nitrogens is 2. The summed E-state index contributed by atoms with van der Waals surface area (Å²) in [6.07, 6.45) is -0.774. The summed E-state index contributed by atoms with van der Waals surface area (Å²) in [7, 11) is 0. The molecule has 0 atom stereocenters. The van der Waals surface area contributed by atoms with Crippen molar-refractivity contribution in [2.24, 2.45) is 0 Å². The Hall–Kier alpha value is -3.33. The summed E-state index contributed by atoms with van der Waals surface area (Å²) in [5.74, 6) is 0.360. The predicted molar refractivity (Wildman–Crippen MR) is 130 cm³/mol. The van der Waals surface area contributed by atoms with Gasteiger partial charge in [-0.15, -0.1) is 11.3 Å². The number of hydrogen-bond acceptors (Lipinski definition) is 5. The standard InChI is InChI=1S/C26H25F3N2O3S/c1-3-5-22-23(35-25(31-22)16-6-8-18(9-7-16)26(27,28)29)15-34-19-10-11-21-20(13-19)17(14-30-21)12-24(32)33-4-2/h6-11,13-14,30H,3-5,12,15H2,1-2H3. The molecule has 2 aromatic carbocycles. The summed E-state index contributed by atoms with van der Waals surface area (Å²) in [5, 5.41) is 1.55. The van der Waals surface area contributed by atoms with Crippen LogP contribution in [0.1, 0.15) is 42.0 Å². The van der Waals surface area contributed by atoms with Gasteiger partial charge in [0.2, 0.25) is 0 Å². The molecule has 184 valence electrons. The van der Waals surface area contributed by atoms with Crippen LogP contribution >= 0.6 is 11.3 Å². The van der Waals surface area contributed by atoms with Crippen LogP contribution in [-0.2, 0) is 35.2 Å². The molecule has 0 radical (unpaired) electrons. The highest BCUT2D eigenvalue weighted by molar-refractivity contribution is 7.15. The highest BCUT2D eigenvalue weighted by Gasteiger charge is 2.30. The molecule has 0 aliphatic heterocycles.